The van der Waals surface area contributed by atoms with E-state index in [4.69, 9.17) is 4.74 Å². The molecule has 4 nitrogen and oxygen atoms in total. The molecule has 0 atom stereocenters. The molecule has 0 aliphatic heterocycles. The maximum Gasteiger partial charge on any atom is 0.274 e. The second-order valence-electron chi connectivity index (χ2n) is 4.00. The normalized spacial score (nSPS) is 10.3. The number of carbonyl (C=O) groups excluding carboxylic acids is 1. The Morgan fingerprint density at radius 3 is 2.80 bits per heavy atom. The van der Waals surface area contributed by atoms with Crippen molar-refractivity contribution in [2.45, 2.75) is 6.61 Å². The van der Waals surface area contributed by atoms with Gasteiger partial charge in [0.2, 0.25) is 5.95 Å². The van der Waals surface area contributed by atoms with Gasteiger partial charge in [-0.25, -0.2) is 4.98 Å². The molecule has 1 N–H and O–H groups in total. The molecule has 1 amide bonds. The maximum atomic E-state index is 13.0. The number of benzene rings is 1. The first-order valence-corrected chi connectivity index (χ1v) is 6.61. The molecule has 2 aromatic rings. The quantitative estimate of drug-likeness (QED) is 0.869. The van der Waals surface area contributed by atoms with Gasteiger partial charge >= 0.3 is 0 Å². The fraction of sp³-hybridized carbons (Fsp3) is 0.143. The minimum absolute atomic E-state index is 0.0216. The number of methoxy groups -OCH3 is 1. The van der Waals surface area contributed by atoms with Crippen molar-refractivity contribution in [2.75, 3.05) is 12.4 Å². The van der Waals surface area contributed by atoms with Crippen LogP contribution in [0, 0.1) is 5.95 Å². The van der Waals surface area contributed by atoms with Crippen LogP contribution in [0.15, 0.2) is 40.9 Å². The Kier molecular flexibility index (Phi) is 4.81. The van der Waals surface area contributed by atoms with Crippen LogP contribution in [0.4, 0.5) is 10.1 Å². The maximum absolute atomic E-state index is 13.0. The van der Waals surface area contributed by atoms with E-state index in [-0.39, 0.29) is 5.69 Å². The zero-order valence-electron chi connectivity index (χ0n) is 10.7. The molecule has 0 saturated heterocycles. The predicted molar refractivity (Wildman–Crippen MR) is 77.0 cm³/mol. The number of rotatable bonds is 4. The highest BCUT2D eigenvalue weighted by Gasteiger charge is 2.12. The van der Waals surface area contributed by atoms with Crippen molar-refractivity contribution in [3.63, 3.8) is 0 Å². The third kappa shape index (κ3) is 3.40. The lowest BCUT2D eigenvalue weighted by Gasteiger charge is -2.12. The van der Waals surface area contributed by atoms with Crippen LogP contribution in [0.2, 0.25) is 0 Å². The topological polar surface area (TPSA) is 51.2 Å². The van der Waals surface area contributed by atoms with Crippen LogP contribution < -0.4 is 5.32 Å². The van der Waals surface area contributed by atoms with Crippen LogP contribution in [-0.2, 0) is 11.3 Å². The molecule has 2 rings (SSSR count). The number of ether oxygens (including phenoxy) is 1. The summed E-state index contributed by atoms with van der Waals surface area (Å²) in [6.45, 7) is 0.341. The van der Waals surface area contributed by atoms with E-state index in [1.165, 1.54) is 18.2 Å². The van der Waals surface area contributed by atoms with Crippen molar-refractivity contribution in [1.82, 2.24) is 4.98 Å². The first-order valence-electron chi connectivity index (χ1n) is 5.82. The molecule has 0 saturated carbocycles. The Bertz CT molecular complexity index is 634. The van der Waals surface area contributed by atoms with E-state index in [9.17, 15) is 9.18 Å². The number of anilines is 1. The molecule has 6 heteroatoms. The van der Waals surface area contributed by atoms with Gasteiger partial charge in [-0.2, -0.15) is 4.39 Å². The van der Waals surface area contributed by atoms with E-state index >= 15 is 0 Å². The number of nitrogens with zero attached hydrogens (tertiary/aromatic N) is 1. The molecule has 0 bridgehead atoms. The predicted octanol–water partition coefficient (Wildman–Crippen LogP) is 3.38. The van der Waals surface area contributed by atoms with Gasteiger partial charge in [0.25, 0.3) is 5.91 Å². The van der Waals surface area contributed by atoms with Crippen LogP contribution in [0.5, 0.6) is 0 Å². The number of aromatic nitrogens is 1. The largest absolute Gasteiger partial charge is 0.380 e. The number of hydrogen-bond acceptors (Lipinski definition) is 3. The van der Waals surface area contributed by atoms with E-state index in [1.807, 2.05) is 6.07 Å². The number of halogens is 2. The average Bonchev–Trinajstić information content (AvgIpc) is 2.42. The number of hydrogen-bond donors (Lipinski definition) is 1. The van der Waals surface area contributed by atoms with Crippen LogP contribution in [-0.4, -0.2) is 18.0 Å². The van der Waals surface area contributed by atoms with Crippen molar-refractivity contribution in [3.8, 4) is 0 Å². The van der Waals surface area contributed by atoms with Gasteiger partial charge in [-0.05, 0) is 24.3 Å². The van der Waals surface area contributed by atoms with E-state index in [0.29, 0.717) is 12.3 Å². The molecule has 0 aliphatic rings. The van der Waals surface area contributed by atoms with Gasteiger partial charge < -0.3 is 10.1 Å². The summed E-state index contributed by atoms with van der Waals surface area (Å²) in [5, 5.41) is 2.70. The molecule has 0 unspecified atom stereocenters. The summed E-state index contributed by atoms with van der Waals surface area (Å²) in [7, 11) is 1.57. The molecule has 104 valence electrons. The third-order valence-corrected chi connectivity index (χ3v) is 3.35. The van der Waals surface area contributed by atoms with Crippen molar-refractivity contribution < 1.29 is 13.9 Å². The highest BCUT2D eigenvalue weighted by molar-refractivity contribution is 9.10. The number of nitrogens with one attached hydrogen (secondary N) is 1. The van der Waals surface area contributed by atoms with Gasteiger partial charge in [-0.3, -0.25) is 4.79 Å². The lowest BCUT2D eigenvalue weighted by molar-refractivity contribution is 0.102. The van der Waals surface area contributed by atoms with Crippen molar-refractivity contribution in [1.29, 1.82) is 0 Å². The summed E-state index contributed by atoms with van der Waals surface area (Å²) in [4.78, 5) is 15.6. The molecule has 0 aliphatic carbocycles. The Hall–Kier alpha value is -1.79. The van der Waals surface area contributed by atoms with E-state index in [0.717, 1.165) is 10.0 Å². The lowest BCUT2D eigenvalue weighted by Crippen LogP contribution is -2.15. The lowest BCUT2D eigenvalue weighted by atomic mass is 10.2. The first kappa shape index (κ1) is 14.6. The van der Waals surface area contributed by atoms with Gasteiger partial charge in [0.05, 0.1) is 6.61 Å². The Balaban J connectivity index is 2.26. The fourth-order valence-electron chi connectivity index (χ4n) is 1.69. The minimum atomic E-state index is -0.691. The molecular weight excluding hydrogens is 327 g/mol. The van der Waals surface area contributed by atoms with Crippen LogP contribution in [0.1, 0.15) is 16.1 Å². The first-order chi connectivity index (χ1) is 9.61. The molecular formula is C14H12BrFN2O2. The second kappa shape index (κ2) is 6.58. The van der Waals surface area contributed by atoms with E-state index in [1.54, 1.807) is 19.2 Å². The summed E-state index contributed by atoms with van der Waals surface area (Å²) in [6, 6.07) is 9.46. The Morgan fingerprint density at radius 2 is 2.10 bits per heavy atom. The Morgan fingerprint density at radius 1 is 1.35 bits per heavy atom. The van der Waals surface area contributed by atoms with Crippen molar-refractivity contribution >= 4 is 27.5 Å². The summed E-state index contributed by atoms with van der Waals surface area (Å²) < 4.78 is 18.9. The van der Waals surface area contributed by atoms with E-state index in [2.05, 4.69) is 26.2 Å². The van der Waals surface area contributed by atoms with Gasteiger partial charge in [0, 0.05) is 22.8 Å². The standard InChI is InChI=1S/C14H12BrFN2O2/c1-20-8-9-10(15)4-2-5-11(9)18-14(19)12-6-3-7-13(16)17-12/h2-7H,8H2,1H3,(H,18,19). The van der Waals surface area contributed by atoms with Crippen molar-refractivity contribution in [2.24, 2.45) is 0 Å². The number of carbonyl (C=O) groups is 1. The van der Waals surface area contributed by atoms with Crippen LogP contribution >= 0.6 is 15.9 Å². The monoisotopic (exact) mass is 338 g/mol. The highest BCUT2D eigenvalue weighted by Crippen LogP contribution is 2.25. The van der Waals surface area contributed by atoms with Crippen LogP contribution in [0.3, 0.4) is 0 Å². The van der Waals surface area contributed by atoms with Gasteiger partial charge in [-0.15, -0.1) is 0 Å². The SMILES string of the molecule is COCc1c(Br)cccc1NC(=O)c1cccc(F)n1. The zero-order chi connectivity index (χ0) is 14.5. The second-order valence-corrected chi connectivity index (χ2v) is 4.85. The third-order valence-electron chi connectivity index (χ3n) is 2.60. The van der Waals surface area contributed by atoms with Crippen molar-refractivity contribution in [3.05, 3.63) is 58.1 Å². The van der Waals surface area contributed by atoms with Gasteiger partial charge in [0.1, 0.15) is 5.69 Å². The highest BCUT2D eigenvalue weighted by atomic mass is 79.9. The molecule has 20 heavy (non-hydrogen) atoms. The Labute approximate surface area is 124 Å². The zero-order valence-corrected chi connectivity index (χ0v) is 12.3. The van der Waals surface area contributed by atoms with Crippen LogP contribution in [0.25, 0.3) is 0 Å². The molecule has 1 heterocycles. The average molecular weight is 339 g/mol. The number of amides is 1. The van der Waals surface area contributed by atoms with Gasteiger partial charge in [-0.1, -0.05) is 28.1 Å². The summed E-state index contributed by atoms with van der Waals surface area (Å²) in [5.74, 6) is -1.16. The summed E-state index contributed by atoms with van der Waals surface area (Å²) in [6.07, 6.45) is 0. The van der Waals surface area contributed by atoms with E-state index < -0.39 is 11.9 Å². The molecule has 0 spiro atoms. The minimum Gasteiger partial charge on any atom is -0.380 e. The molecule has 1 aromatic heterocycles. The van der Waals surface area contributed by atoms with Gasteiger partial charge in [0.15, 0.2) is 0 Å². The molecule has 0 fully saturated rings. The fourth-order valence-corrected chi connectivity index (χ4v) is 2.17. The summed E-state index contributed by atoms with van der Waals surface area (Å²) in [5.41, 5.74) is 1.42. The summed E-state index contributed by atoms with van der Waals surface area (Å²) >= 11 is 3.40. The molecule has 0 radical (unpaired) electrons. The smallest absolute Gasteiger partial charge is 0.274 e. The molecule has 1 aromatic carbocycles. The number of pyridine rings is 1.